The fourth-order valence-electron chi connectivity index (χ4n) is 2.72. The standard InChI is InChI=1S/C14H30N2OS/c1-5-7-13-11-16(8-9-18(17)6-2)14(10-15-13)12(3)4/h12-15H,5-11H2,1-4H3. The molecule has 4 heteroatoms. The predicted octanol–water partition coefficient (Wildman–Crippen LogP) is 1.85. The Kier molecular flexibility index (Phi) is 7.42. The van der Waals surface area contributed by atoms with Crippen LogP contribution >= 0.6 is 0 Å². The summed E-state index contributed by atoms with van der Waals surface area (Å²) < 4.78 is 11.6. The van der Waals surface area contributed by atoms with E-state index < -0.39 is 10.8 Å². The number of hydrogen-bond donors (Lipinski definition) is 1. The molecule has 1 N–H and O–H groups in total. The van der Waals surface area contributed by atoms with Crippen LogP contribution in [0.4, 0.5) is 0 Å². The van der Waals surface area contributed by atoms with Crippen molar-refractivity contribution in [2.45, 2.75) is 52.6 Å². The summed E-state index contributed by atoms with van der Waals surface area (Å²) in [5, 5.41) is 3.67. The Morgan fingerprint density at radius 2 is 2.11 bits per heavy atom. The second-order valence-corrected chi connectivity index (χ2v) is 7.50. The summed E-state index contributed by atoms with van der Waals surface area (Å²) in [7, 11) is -0.634. The molecule has 0 aliphatic carbocycles. The van der Waals surface area contributed by atoms with Gasteiger partial charge in [0.1, 0.15) is 0 Å². The highest BCUT2D eigenvalue weighted by atomic mass is 32.2. The average molecular weight is 274 g/mol. The molecular weight excluding hydrogens is 244 g/mol. The van der Waals surface area contributed by atoms with Crippen LogP contribution in [0, 0.1) is 5.92 Å². The van der Waals surface area contributed by atoms with Crippen LogP contribution < -0.4 is 5.32 Å². The van der Waals surface area contributed by atoms with E-state index in [1.54, 1.807) is 0 Å². The summed E-state index contributed by atoms with van der Waals surface area (Å²) in [6, 6.07) is 1.23. The van der Waals surface area contributed by atoms with E-state index in [9.17, 15) is 4.21 Å². The number of rotatable bonds is 7. The van der Waals surface area contributed by atoms with Gasteiger partial charge in [-0.1, -0.05) is 34.1 Å². The van der Waals surface area contributed by atoms with Crippen LogP contribution in [0.2, 0.25) is 0 Å². The maximum atomic E-state index is 11.6. The van der Waals surface area contributed by atoms with Gasteiger partial charge in [0.15, 0.2) is 0 Å². The molecule has 0 saturated carbocycles. The van der Waals surface area contributed by atoms with Gasteiger partial charge in [0, 0.05) is 54.0 Å². The Hall–Kier alpha value is 0.0700. The van der Waals surface area contributed by atoms with Gasteiger partial charge in [0.05, 0.1) is 0 Å². The molecule has 0 aromatic heterocycles. The van der Waals surface area contributed by atoms with Gasteiger partial charge in [-0.05, 0) is 12.3 Å². The first kappa shape index (κ1) is 16.1. The lowest BCUT2D eigenvalue weighted by molar-refractivity contribution is 0.103. The Morgan fingerprint density at radius 1 is 1.39 bits per heavy atom. The summed E-state index contributed by atoms with van der Waals surface area (Å²) in [6.07, 6.45) is 2.48. The molecule has 0 aromatic rings. The molecule has 0 amide bonds. The zero-order valence-electron chi connectivity index (χ0n) is 12.4. The lowest BCUT2D eigenvalue weighted by atomic mass is 9.97. The van der Waals surface area contributed by atoms with Crippen molar-refractivity contribution < 1.29 is 4.21 Å². The van der Waals surface area contributed by atoms with Gasteiger partial charge in [-0.25, -0.2) is 0 Å². The van der Waals surface area contributed by atoms with Crippen molar-refractivity contribution in [2.24, 2.45) is 5.92 Å². The predicted molar refractivity (Wildman–Crippen MR) is 80.4 cm³/mol. The van der Waals surface area contributed by atoms with E-state index >= 15 is 0 Å². The molecular formula is C14H30N2OS. The second kappa shape index (κ2) is 8.28. The molecule has 3 nitrogen and oxygen atoms in total. The molecule has 1 heterocycles. The quantitative estimate of drug-likeness (QED) is 0.769. The van der Waals surface area contributed by atoms with E-state index in [1.807, 2.05) is 6.92 Å². The van der Waals surface area contributed by atoms with Crippen molar-refractivity contribution in [3.05, 3.63) is 0 Å². The molecule has 1 aliphatic rings. The lowest BCUT2D eigenvalue weighted by Gasteiger charge is -2.42. The van der Waals surface area contributed by atoms with E-state index in [1.165, 1.54) is 12.8 Å². The third kappa shape index (κ3) is 4.98. The Balaban J connectivity index is 2.51. The van der Waals surface area contributed by atoms with Gasteiger partial charge < -0.3 is 5.32 Å². The lowest BCUT2D eigenvalue weighted by Crippen LogP contribution is -2.58. The van der Waals surface area contributed by atoms with Crippen molar-refractivity contribution in [3.63, 3.8) is 0 Å². The van der Waals surface area contributed by atoms with Crippen LogP contribution in [0.25, 0.3) is 0 Å². The minimum Gasteiger partial charge on any atom is -0.311 e. The SMILES string of the molecule is CCCC1CN(CCS(=O)CC)C(C(C)C)CN1. The third-order valence-corrected chi connectivity index (χ3v) is 5.16. The van der Waals surface area contributed by atoms with Crippen LogP contribution in [0.3, 0.4) is 0 Å². The zero-order valence-corrected chi connectivity index (χ0v) is 13.3. The molecule has 18 heavy (non-hydrogen) atoms. The van der Waals surface area contributed by atoms with Crippen molar-refractivity contribution >= 4 is 10.8 Å². The van der Waals surface area contributed by atoms with Gasteiger partial charge in [-0.3, -0.25) is 9.11 Å². The first-order valence-corrected chi connectivity index (χ1v) is 8.89. The van der Waals surface area contributed by atoms with Crippen molar-refractivity contribution in [1.82, 2.24) is 10.2 Å². The van der Waals surface area contributed by atoms with Crippen LogP contribution in [-0.2, 0) is 10.8 Å². The molecule has 0 radical (unpaired) electrons. The van der Waals surface area contributed by atoms with Crippen molar-refractivity contribution in [1.29, 1.82) is 0 Å². The van der Waals surface area contributed by atoms with E-state index in [2.05, 4.69) is 31.0 Å². The fourth-order valence-corrected chi connectivity index (χ4v) is 3.45. The normalized spacial score (nSPS) is 27.6. The highest BCUT2D eigenvalue weighted by molar-refractivity contribution is 7.84. The van der Waals surface area contributed by atoms with Gasteiger partial charge in [-0.15, -0.1) is 0 Å². The number of hydrogen-bond acceptors (Lipinski definition) is 3. The van der Waals surface area contributed by atoms with Crippen LogP contribution in [0.1, 0.15) is 40.5 Å². The molecule has 0 aromatic carbocycles. The summed E-state index contributed by atoms with van der Waals surface area (Å²) >= 11 is 0. The summed E-state index contributed by atoms with van der Waals surface area (Å²) in [5.74, 6) is 2.28. The molecule has 0 bridgehead atoms. The van der Waals surface area contributed by atoms with Crippen molar-refractivity contribution in [3.8, 4) is 0 Å². The van der Waals surface area contributed by atoms with Gasteiger partial charge in [0.2, 0.25) is 0 Å². The van der Waals surface area contributed by atoms with Crippen LogP contribution in [-0.4, -0.2) is 52.3 Å². The smallest absolute Gasteiger partial charge is 0.0362 e. The van der Waals surface area contributed by atoms with E-state index in [0.717, 1.165) is 31.1 Å². The first-order valence-electron chi connectivity index (χ1n) is 7.40. The number of nitrogens with zero attached hydrogens (tertiary/aromatic N) is 1. The Labute approximate surface area is 115 Å². The highest BCUT2D eigenvalue weighted by Gasteiger charge is 2.29. The minimum atomic E-state index is -0.634. The molecule has 1 rings (SSSR count). The molecule has 1 fully saturated rings. The highest BCUT2D eigenvalue weighted by Crippen LogP contribution is 2.16. The van der Waals surface area contributed by atoms with E-state index in [0.29, 0.717) is 18.0 Å². The van der Waals surface area contributed by atoms with Gasteiger partial charge >= 0.3 is 0 Å². The maximum Gasteiger partial charge on any atom is 0.0362 e. The first-order chi connectivity index (χ1) is 8.58. The van der Waals surface area contributed by atoms with Gasteiger partial charge in [-0.2, -0.15) is 0 Å². The fraction of sp³-hybridized carbons (Fsp3) is 1.00. The van der Waals surface area contributed by atoms with Crippen LogP contribution in [0.5, 0.6) is 0 Å². The molecule has 1 aliphatic heterocycles. The molecule has 1 saturated heterocycles. The second-order valence-electron chi connectivity index (χ2n) is 5.63. The zero-order chi connectivity index (χ0) is 13.5. The van der Waals surface area contributed by atoms with Crippen molar-refractivity contribution in [2.75, 3.05) is 31.1 Å². The molecule has 0 spiro atoms. The number of nitrogens with one attached hydrogen (secondary N) is 1. The third-order valence-electron chi connectivity index (χ3n) is 3.87. The molecule has 3 atom stereocenters. The number of piperazine rings is 1. The molecule has 3 unspecified atom stereocenters. The largest absolute Gasteiger partial charge is 0.311 e. The topological polar surface area (TPSA) is 32.3 Å². The summed E-state index contributed by atoms with van der Waals surface area (Å²) in [5.41, 5.74) is 0. The summed E-state index contributed by atoms with van der Waals surface area (Å²) in [6.45, 7) is 12.0. The minimum absolute atomic E-state index is 0.604. The maximum absolute atomic E-state index is 11.6. The van der Waals surface area contributed by atoms with E-state index in [4.69, 9.17) is 0 Å². The van der Waals surface area contributed by atoms with Gasteiger partial charge in [0.25, 0.3) is 0 Å². The molecule has 108 valence electrons. The van der Waals surface area contributed by atoms with Crippen LogP contribution in [0.15, 0.2) is 0 Å². The Morgan fingerprint density at radius 3 is 2.67 bits per heavy atom. The summed E-state index contributed by atoms with van der Waals surface area (Å²) in [4.78, 5) is 2.56. The monoisotopic (exact) mass is 274 g/mol. The van der Waals surface area contributed by atoms with E-state index in [-0.39, 0.29) is 0 Å². The average Bonchev–Trinajstić information content (AvgIpc) is 2.36. The Bertz CT molecular complexity index is 258.